The largest absolute Gasteiger partial charge is 0.297 e. The number of rotatable bonds is 10. The van der Waals surface area contributed by atoms with E-state index in [1.807, 2.05) is 24.8 Å². The van der Waals surface area contributed by atoms with Crippen LogP contribution in [-0.4, -0.2) is 81.9 Å². The number of pyridine rings is 2. The molecule has 0 N–H and O–H groups in total. The van der Waals surface area contributed by atoms with Gasteiger partial charge < -0.3 is 0 Å². The van der Waals surface area contributed by atoms with Gasteiger partial charge in [-0.05, 0) is 68.8 Å². The molecule has 0 aliphatic carbocycles. The SMILES string of the molecule is c1ccc(CN2CCN(Cc3ccc(-c4ccncc4)cc3)CCN(Cc3ccccc3)CCN(Cc3ccc(-c4ccncc4)cc3)CC2)cc1. The smallest absolute Gasteiger partial charge is 0.0273 e. The summed E-state index contributed by atoms with van der Waals surface area (Å²) < 4.78 is 0. The fourth-order valence-electron chi connectivity index (χ4n) is 7.10. The first-order valence-corrected chi connectivity index (χ1v) is 18.7. The van der Waals surface area contributed by atoms with Crippen LogP contribution in [0.1, 0.15) is 22.3 Å². The number of nitrogens with zero attached hydrogens (tertiary/aromatic N) is 6. The van der Waals surface area contributed by atoms with Crippen molar-refractivity contribution >= 4 is 0 Å². The van der Waals surface area contributed by atoms with E-state index >= 15 is 0 Å². The molecule has 2 aromatic heterocycles. The first-order chi connectivity index (χ1) is 25.7. The lowest BCUT2D eigenvalue weighted by molar-refractivity contribution is 0.122. The molecule has 1 fully saturated rings. The molecule has 6 nitrogen and oxygen atoms in total. The van der Waals surface area contributed by atoms with E-state index in [-0.39, 0.29) is 0 Å². The summed E-state index contributed by atoms with van der Waals surface area (Å²) in [5.74, 6) is 0. The monoisotopic (exact) mass is 686 g/mol. The molecule has 0 unspecified atom stereocenters. The highest BCUT2D eigenvalue weighted by molar-refractivity contribution is 5.63. The summed E-state index contributed by atoms with van der Waals surface area (Å²) in [5.41, 5.74) is 10.3. The molecule has 0 bridgehead atoms. The molecule has 7 rings (SSSR count). The second kappa shape index (κ2) is 18.5. The Hall–Kier alpha value is -4.98. The Morgan fingerprint density at radius 3 is 0.827 bits per heavy atom. The summed E-state index contributed by atoms with van der Waals surface area (Å²) in [7, 11) is 0. The van der Waals surface area contributed by atoms with Crippen molar-refractivity contribution in [3.63, 3.8) is 0 Å². The second-order valence-corrected chi connectivity index (χ2v) is 13.9. The standard InChI is InChI=1S/C46H50N6/c1-3-7-39(8-4-1)35-49-27-31-51(37-41-11-15-43(16-12-41)45-19-23-47-24-20-45)33-29-50(36-40-9-5-2-6-10-40)30-34-52(32-28-49)38-42-13-17-44(18-14-42)46-21-25-48-26-22-46/h1-26H,27-38H2. The molecule has 6 heteroatoms. The zero-order valence-corrected chi connectivity index (χ0v) is 30.2. The molecule has 6 aromatic rings. The predicted molar refractivity (Wildman–Crippen MR) is 213 cm³/mol. The number of benzene rings is 4. The van der Waals surface area contributed by atoms with E-state index in [2.05, 4.69) is 163 Å². The summed E-state index contributed by atoms with van der Waals surface area (Å²) in [4.78, 5) is 19.0. The minimum absolute atomic E-state index is 0.941. The molecule has 1 aliphatic heterocycles. The molecule has 0 saturated carbocycles. The van der Waals surface area contributed by atoms with E-state index in [9.17, 15) is 0 Å². The van der Waals surface area contributed by atoms with Gasteiger partial charge in [0, 0.05) is 103 Å². The Morgan fingerprint density at radius 2 is 0.538 bits per heavy atom. The van der Waals surface area contributed by atoms with Crippen LogP contribution in [0, 0.1) is 0 Å². The van der Waals surface area contributed by atoms with Crippen LogP contribution < -0.4 is 0 Å². The van der Waals surface area contributed by atoms with Crippen LogP contribution in [0.4, 0.5) is 0 Å². The van der Waals surface area contributed by atoms with E-state index in [0.717, 1.165) is 78.5 Å². The van der Waals surface area contributed by atoms with Gasteiger partial charge in [0.1, 0.15) is 0 Å². The van der Waals surface area contributed by atoms with Crippen molar-refractivity contribution in [2.75, 3.05) is 52.4 Å². The average molecular weight is 687 g/mol. The molecule has 1 saturated heterocycles. The van der Waals surface area contributed by atoms with Gasteiger partial charge in [-0.1, -0.05) is 109 Å². The molecule has 0 amide bonds. The third-order valence-corrected chi connectivity index (χ3v) is 10.2. The van der Waals surface area contributed by atoms with Gasteiger partial charge in [0.15, 0.2) is 0 Å². The Labute approximate surface area is 310 Å². The molecular weight excluding hydrogens is 637 g/mol. The van der Waals surface area contributed by atoms with Crippen molar-refractivity contribution in [3.8, 4) is 22.3 Å². The van der Waals surface area contributed by atoms with Crippen LogP contribution in [0.3, 0.4) is 0 Å². The minimum Gasteiger partial charge on any atom is -0.297 e. The zero-order chi connectivity index (χ0) is 35.2. The van der Waals surface area contributed by atoms with Crippen molar-refractivity contribution in [2.24, 2.45) is 0 Å². The first-order valence-electron chi connectivity index (χ1n) is 18.7. The molecule has 0 atom stereocenters. The van der Waals surface area contributed by atoms with Crippen LogP contribution in [0.15, 0.2) is 158 Å². The normalized spacial score (nSPS) is 15.8. The molecule has 4 aromatic carbocycles. The van der Waals surface area contributed by atoms with Gasteiger partial charge in [0.2, 0.25) is 0 Å². The molecule has 3 heterocycles. The van der Waals surface area contributed by atoms with Crippen LogP contribution in [0.25, 0.3) is 22.3 Å². The Balaban J connectivity index is 1.09. The minimum atomic E-state index is 0.941. The average Bonchev–Trinajstić information content (AvgIpc) is 3.21. The van der Waals surface area contributed by atoms with Gasteiger partial charge in [-0.25, -0.2) is 0 Å². The van der Waals surface area contributed by atoms with Crippen molar-refractivity contribution < 1.29 is 0 Å². The predicted octanol–water partition coefficient (Wildman–Crippen LogP) is 8.13. The molecular formula is C46H50N6. The van der Waals surface area contributed by atoms with Crippen molar-refractivity contribution in [1.82, 2.24) is 29.6 Å². The highest BCUT2D eigenvalue weighted by Gasteiger charge is 2.18. The lowest BCUT2D eigenvalue weighted by atomic mass is 10.0. The fraction of sp³-hybridized carbons (Fsp3) is 0.261. The van der Waals surface area contributed by atoms with Crippen LogP contribution >= 0.6 is 0 Å². The fourth-order valence-corrected chi connectivity index (χ4v) is 7.10. The Morgan fingerprint density at radius 1 is 0.288 bits per heavy atom. The van der Waals surface area contributed by atoms with E-state index in [4.69, 9.17) is 0 Å². The molecule has 264 valence electrons. The number of hydrogen-bond donors (Lipinski definition) is 0. The molecule has 1 aliphatic rings. The van der Waals surface area contributed by atoms with Crippen LogP contribution in [0.2, 0.25) is 0 Å². The van der Waals surface area contributed by atoms with Crippen LogP contribution in [0.5, 0.6) is 0 Å². The van der Waals surface area contributed by atoms with E-state index in [1.165, 1.54) is 44.5 Å². The zero-order valence-electron chi connectivity index (χ0n) is 30.2. The summed E-state index contributed by atoms with van der Waals surface area (Å²) in [6, 6.07) is 48.5. The summed E-state index contributed by atoms with van der Waals surface area (Å²) in [5, 5.41) is 0. The topological polar surface area (TPSA) is 38.7 Å². The lowest BCUT2D eigenvalue weighted by Crippen LogP contribution is -2.45. The van der Waals surface area contributed by atoms with Gasteiger partial charge in [-0.15, -0.1) is 0 Å². The maximum absolute atomic E-state index is 4.19. The van der Waals surface area contributed by atoms with Crippen molar-refractivity contribution in [3.05, 3.63) is 181 Å². The van der Waals surface area contributed by atoms with Gasteiger partial charge in [-0.2, -0.15) is 0 Å². The van der Waals surface area contributed by atoms with Gasteiger partial charge in [0.05, 0.1) is 0 Å². The lowest BCUT2D eigenvalue weighted by Gasteiger charge is -2.34. The van der Waals surface area contributed by atoms with Crippen LogP contribution in [-0.2, 0) is 26.2 Å². The highest BCUT2D eigenvalue weighted by atomic mass is 15.3. The van der Waals surface area contributed by atoms with E-state index in [0.29, 0.717) is 0 Å². The third kappa shape index (κ3) is 10.5. The third-order valence-electron chi connectivity index (χ3n) is 10.2. The second-order valence-electron chi connectivity index (χ2n) is 13.9. The highest BCUT2D eigenvalue weighted by Crippen LogP contribution is 2.21. The van der Waals surface area contributed by atoms with Crippen molar-refractivity contribution in [2.45, 2.75) is 26.2 Å². The number of aromatic nitrogens is 2. The molecule has 0 radical (unpaired) electrons. The Bertz CT molecular complexity index is 1730. The Kier molecular flexibility index (Phi) is 12.6. The number of hydrogen-bond acceptors (Lipinski definition) is 6. The maximum atomic E-state index is 4.19. The summed E-state index contributed by atoms with van der Waals surface area (Å²) >= 11 is 0. The maximum Gasteiger partial charge on any atom is 0.0273 e. The quantitative estimate of drug-likeness (QED) is 0.145. The molecule has 52 heavy (non-hydrogen) atoms. The van der Waals surface area contributed by atoms with Gasteiger partial charge >= 0.3 is 0 Å². The first kappa shape index (κ1) is 35.4. The molecule has 0 spiro atoms. The van der Waals surface area contributed by atoms with E-state index in [1.54, 1.807) is 0 Å². The summed E-state index contributed by atoms with van der Waals surface area (Å²) in [6.45, 7) is 12.0. The van der Waals surface area contributed by atoms with Gasteiger partial charge in [0.25, 0.3) is 0 Å². The van der Waals surface area contributed by atoms with Crippen molar-refractivity contribution in [1.29, 1.82) is 0 Å². The summed E-state index contributed by atoms with van der Waals surface area (Å²) in [6.07, 6.45) is 7.46. The van der Waals surface area contributed by atoms with E-state index < -0.39 is 0 Å². The van der Waals surface area contributed by atoms with Gasteiger partial charge in [-0.3, -0.25) is 29.6 Å².